The molecule has 8 nitrogen and oxygen atoms in total. The van der Waals surface area contributed by atoms with Crippen molar-refractivity contribution in [3.8, 4) is 17.0 Å². The highest BCUT2D eigenvalue weighted by molar-refractivity contribution is 5.91. The Kier molecular flexibility index (Phi) is 8.25. The van der Waals surface area contributed by atoms with Crippen molar-refractivity contribution in [2.24, 2.45) is 0 Å². The molecule has 39 heavy (non-hydrogen) atoms. The van der Waals surface area contributed by atoms with E-state index in [0.717, 1.165) is 4.90 Å². The number of carbonyl (C=O) groups excluding carboxylic acids is 1. The lowest BCUT2D eigenvalue weighted by Gasteiger charge is -2.28. The number of aryl methyl sites for hydroxylation is 1. The van der Waals surface area contributed by atoms with Gasteiger partial charge in [0.15, 0.2) is 0 Å². The summed E-state index contributed by atoms with van der Waals surface area (Å²) < 4.78 is 91.2. The third-order valence-corrected chi connectivity index (χ3v) is 6.30. The first kappa shape index (κ1) is 28.5. The summed E-state index contributed by atoms with van der Waals surface area (Å²) in [7, 11) is 0. The van der Waals surface area contributed by atoms with Crippen molar-refractivity contribution in [1.29, 1.82) is 0 Å². The molecule has 0 aliphatic carbocycles. The van der Waals surface area contributed by atoms with E-state index in [2.05, 4.69) is 10.3 Å². The summed E-state index contributed by atoms with van der Waals surface area (Å²) in [5, 5.41) is 11.4. The number of benzene rings is 1. The highest BCUT2D eigenvalue weighted by atomic mass is 19.4. The van der Waals surface area contributed by atoms with Crippen LogP contribution >= 0.6 is 0 Å². The Balaban J connectivity index is 1.59. The number of hydrogen-bond donors (Lipinski definition) is 2. The normalized spacial score (nSPS) is 16.4. The molecular formula is C25H26F6N4O4. The van der Waals surface area contributed by atoms with Gasteiger partial charge in [0, 0.05) is 37.8 Å². The first-order valence-corrected chi connectivity index (χ1v) is 12.0. The van der Waals surface area contributed by atoms with Crippen molar-refractivity contribution in [3.63, 3.8) is 0 Å². The summed E-state index contributed by atoms with van der Waals surface area (Å²) in [5.74, 6) is -5.14. The van der Waals surface area contributed by atoms with Gasteiger partial charge in [0.05, 0.1) is 25.5 Å². The Labute approximate surface area is 219 Å². The number of pyridine rings is 1. The Morgan fingerprint density at radius 2 is 1.87 bits per heavy atom. The van der Waals surface area contributed by atoms with Gasteiger partial charge in [0.1, 0.15) is 18.2 Å². The van der Waals surface area contributed by atoms with Gasteiger partial charge in [-0.15, -0.1) is 0 Å². The molecule has 0 spiro atoms. The van der Waals surface area contributed by atoms with Gasteiger partial charge < -0.3 is 29.7 Å². The third-order valence-electron chi connectivity index (χ3n) is 6.30. The summed E-state index contributed by atoms with van der Waals surface area (Å²) in [5.41, 5.74) is -0.00593. The number of alkyl halides is 5. The van der Waals surface area contributed by atoms with Gasteiger partial charge in [-0.05, 0) is 41.8 Å². The van der Waals surface area contributed by atoms with E-state index in [1.807, 2.05) is 4.90 Å². The van der Waals surface area contributed by atoms with E-state index in [1.54, 1.807) is 19.1 Å². The number of aromatic nitrogens is 1. The number of amides is 2. The number of nitrogens with one attached hydrogen (secondary N) is 1. The fourth-order valence-corrected chi connectivity index (χ4v) is 4.22. The first-order chi connectivity index (χ1) is 18.4. The molecule has 3 heterocycles. The highest BCUT2D eigenvalue weighted by Gasteiger charge is 2.60. The molecular weight excluding hydrogens is 534 g/mol. The number of rotatable bonds is 7. The van der Waals surface area contributed by atoms with Gasteiger partial charge >= 0.3 is 18.1 Å². The summed E-state index contributed by atoms with van der Waals surface area (Å²) in [4.78, 5) is 19.8. The van der Waals surface area contributed by atoms with Gasteiger partial charge in [-0.3, -0.25) is 0 Å². The number of hydrogen-bond acceptors (Lipinski definition) is 6. The summed E-state index contributed by atoms with van der Waals surface area (Å²) in [6.07, 6.45) is -5.16. The van der Waals surface area contributed by atoms with Gasteiger partial charge in [-0.1, -0.05) is 6.08 Å². The van der Waals surface area contributed by atoms with Gasteiger partial charge in [-0.25, -0.2) is 9.18 Å². The predicted octanol–water partition coefficient (Wildman–Crippen LogP) is 4.38. The van der Waals surface area contributed by atoms with Crippen LogP contribution in [0.2, 0.25) is 0 Å². The van der Waals surface area contributed by atoms with E-state index in [9.17, 15) is 31.1 Å². The van der Waals surface area contributed by atoms with Gasteiger partial charge in [-0.2, -0.15) is 26.9 Å². The largest absolute Gasteiger partial charge is 0.475 e. The quantitative estimate of drug-likeness (QED) is 0.386. The van der Waals surface area contributed by atoms with Crippen molar-refractivity contribution in [2.45, 2.75) is 19.0 Å². The molecule has 212 valence electrons. The molecule has 2 amide bonds. The van der Waals surface area contributed by atoms with Crippen LogP contribution in [0.1, 0.15) is 5.56 Å². The second kappa shape index (κ2) is 11.3. The van der Waals surface area contributed by atoms with Crippen molar-refractivity contribution in [3.05, 3.63) is 47.3 Å². The molecule has 2 N–H and O–H groups in total. The van der Waals surface area contributed by atoms with E-state index in [-0.39, 0.29) is 24.8 Å². The fourth-order valence-electron chi connectivity index (χ4n) is 4.22. The summed E-state index contributed by atoms with van der Waals surface area (Å²) in [6, 6.07) is 4.80. The zero-order valence-electron chi connectivity index (χ0n) is 20.8. The lowest BCUT2D eigenvalue weighted by Crippen LogP contribution is -2.41. The van der Waals surface area contributed by atoms with E-state index >= 15 is 0 Å². The minimum atomic E-state index is -5.80. The summed E-state index contributed by atoms with van der Waals surface area (Å²) in [6.45, 7) is 2.05. The standard InChI is InChI=1S/C25H26F6N4O4/c1-15-10-19(26)20(32-23(37)35-3-2-17(14-35)24(27,28)25(29,30)31)13-18(15)16-11-21(34-4-7-38-8-5-34)33-22(12-16)39-9-6-36/h2,10-13,36H,3-9,14H2,1H3,(H,32,37). The van der Waals surface area contributed by atoms with Crippen molar-refractivity contribution in [2.75, 3.05) is 62.8 Å². The molecule has 0 bridgehead atoms. The first-order valence-electron chi connectivity index (χ1n) is 12.0. The molecule has 1 aromatic heterocycles. The fraction of sp³-hybridized carbons (Fsp3) is 0.440. The number of nitrogens with zero attached hydrogens (tertiary/aromatic N) is 3. The third kappa shape index (κ3) is 6.22. The highest BCUT2D eigenvalue weighted by Crippen LogP contribution is 2.42. The SMILES string of the molecule is Cc1cc(F)c(NC(=O)N2CC=C(C(F)(F)C(F)(F)F)C2)cc1-c1cc(OCCO)nc(N2CCOCC2)c1. The van der Waals surface area contributed by atoms with Crippen molar-refractivity contribution in [1.82, 2.24) is 9.88 Å². The Morgan fingerprint density at radius 1 is 1.15 bits per heavy atom. The van der Waals surface area contributed by atoms with Crippen LogP contribution in [0.4, 0.5) is 42.6 Å². The second-order valence-corrected chi connectivity index (χ2v) is 8.98. The number of aliphatic hydroxyl groups excluding tert-OH is 1. The molecule has 4 rings (SSSR count). The van der Waals surface area contributed by atoms with E-state index < -0.39 is 42.6 Å². The molecule has 2 aliphatic heterocycles. The number of urea groups is 1. The zero-order valence-corrected chi connectivity index (χ0v) is 20.8. The van der Waals surface area contributed by atoms with E-state index in [1.165, 1.54) is 12.1 Å². The minimum Gasteiger partial charge on any atom is -0.475 e. The molecule has 14 heteroatoms. The maximum absolute atomic E-state index is 14.8. The monoisotopic (exact) mass is 560 g/mol. The van der Waals surface area contributed by atoms with E-state index in [4.69, 9.17) is 14.6 Å². The maximum Gasteiger partial charge on any atom is 0.457 e. The van der Waals surface area contributed by atoms with Crippen LogP contribution in [0.25, 0.3) is 11.1 Å². The Hall–Kier alpha value is -3.52. The summed E-state index contributed by atoms with van der Waals surface area (Å²) >= 11 is 0. The topological polar surface area (TPSA) is 87.2 Å². The number of morpholine rings is 1. The lowest BCUT2D eigenvalue weighted by atomic mass is 10.00. The van der Waals surface area contributed by atoms with E-state index in [0.29, 0.717) is 54.9 Å². The maximum atomic E-state index is 14.8. The van der Waals surface area contributed by atoms with Crippen LogP contribution < -0.4 is 15.0 Å². The number of anilines is 2. The second-order valence-electron chi connectivity index (χ2n) is 8.98. The average molecular weight is 560 g/mol. The van der Waals surface area contributed by atoms with Gasteiger partial charge in [0.2, 0.25) is 5.88 Å². The number of halogens is 6. The molecule has 1 saturated heterocycles. The van der Waals surface area contributed by atoms with Crippen LogP contribution in [0.3, 0.4) is 0 Å². The van der Waals surface area contributed by atoms with Crippen LogP contribution in [0.5, 0.6) is 5.88 Å². The zero-order chi connectivity index (χ0) is 28.4. The molecule has 0 radical (unpaired) electrons. The molecule has 2 aliphatic rings. The van der Waals surface area contributed by atoms with Gasteiger partial charge in [0.25, 0.3) is 0 Å². The molecule has 0 saturated carbocycles. The van der Waals surface area contributed by atoms with Crippen molar-refractivity contribution >= 4 is 17.5 Å². The molecule has 2 aromatic rings. The van der Waals surface area contributed by atoms with Crippen LogP contribution in [0.15, 0.2) is 35.9 Å². The number of ether oxygens (including phenoxy) is 2. The Morgan fingerprint density at radius 3 is 2.54 bits per heavy atom. The Bertz CT molecular complexity index is 1250. The molecule has 0 unspecified atom stereocenters. The average Bonchev–Trinajstić information content (AvgIpc) is 3.40. The smallest absolute Gasteiger partial charge is 0.457 e. The number of carbonyl (C=O) groups is 1. The van der Waals surface area contributed by atoms with Crippen LogP contribution in [-0.2, 0) is 4.74 Å². The van der Waals surface area contributed by atoms with Crippen molar-refractivity contribution < 1.29 is 45.7 Å². The van der Waals surface area contributed by atoms with Crippen LogP contribution in [0, 0.1) is 12.7 Å². The lowest BCUT2D eigenvalue weighted by molar-refractivity contribution is -0.264. The molecule has 1 aromatic carbocycles. The molecule has 1 fully saturated rings. The predicted molar refractivity (Wildman–Crippen MR) is 130 cm³/mol. The van der Waals surface area contributed by atoms with Crippen LogP contribution in [-0.4, -0.2) is 85.7 Å². The minimum absolute atomic E-state index is 0.0119. The molecule has 0 atom stereocenters. The number of aliphatic hydroxyl groups is 1.